The molecule has 3 aromatic rings. The number of carbonyl (C=O) groups is 3. The monoisotopic (exact) mass is 413 g/mol. The number of amides is 1. The van der Waals surface area contributed by atoms with E-state index in [1.165, 1.54) is 16.0 Å². The fourth-order valence-electron chi connectivity index (χ4n) is 2.46. The van der Waals surface area contributed by atoms with Crippen LogP contribution in [-0.2, 0) is 20.9 Å². The number of hydrogen-bond acceptors (Lipinski definition) is 8. The summed E-state index contributed by atoms with van der Waals surface area (Å²) in [7, 11) is 0. The minimum atomic E-state index is -0.484. The van der Waals surface area contributed by atoms with Gasteiger partial charge in [0, 0.05) is 19.4 Å². The Labute approximate surface area is 170 Å². The van der Waals surface area contributed by atoms with E-state index in [-0.39, 0.29) is 44.1 Å². The number of ether oxygens (including phenoxy) is 1. The predicted octanol–water partition coefficient (Wildman–Crippen LogP) is 1.94. The molecule has 9 nitrogen and oxygen atoms in total. The van der Waals surface area contributed by atoms with Crippen molar-refractivity contribution in [3.05, 3.63) is 58.5 Å². The van der Waals surface area contributed by atoms with E-state index in [9.17, 15) is 14.4 Å². The molecule has 0 fully saturated rings. The van der Waals surface area contributed by atoms with E-state index < -0.39 is 5.97 Å². The second-order valence-electron chi connectivity index (χ2n) is 6.00. The lowest BCUT2D eigenvalue weighted by molar-refractivity contribution is -0.145. The highest BCUT2D eigenvalue weighted by atomic mass is 32.1. The standard InChI is InChI=1S/C19H19N5O4S/c25-15(16-7-4-12-29-16)8-9-18(26)20-11-10-19(27)28-13-17-21-22-23-24(17)14-5-2-1-3-6-14/h1-7,12H,8-11,13H2,(H,20,26). The van der Waals surface area contributed by atoms with Gasteiger partial charge in [-0.25, -0.2) is 0 Å². The first-order chi connectivity index (χ1) is 14.1. The van der Waals surface area contributed by atoms with Crippen LogP contribution in [0, 0.1) is 0 Å². The Morgan fingerprint density at radius 1 is 1.03 bits per heavy atom. The van der Waals surface area contributed by atoms with Crippen LogP contribution in [0.5, 0.6) is 0 Å². The maximum Gasteiger partial charge on any atom is 0.308 e. The molecule has 2 heterocycles. The number of esters is 1. The number of thiophene rings is 1. The van der Waals surface area contributed by atoms with Crippen molar-refractivity contribution in [1.82, 2.24) is 25.5 Å². The van der Waals surface area contributed by atoms with Gasteiger partial charge in [0.2, 0.25) is 5.91 Å². The van der Waals surface area contributed by atoms with E-state index in [1.54, 1.807) is 12.1 Å². The van der Waals surface area contributed by atoms with Crippen LogP contribution in [-0.4, -0.2) is 44.4 Å². The molecule has 10 heteroatoms. The molecule has 0 spiro atoms. The number of para-hydroxylation sites is 1. The molecular weight excluding hydrogens is 394 g/mol. The Morgan fingerprint density at radius 3 is 2.62 bits per heavy atom. The van der Waals surface area contributed by atoms with Gasteiger partial charge >= 0.3 is 5.97 Å². The highest BCUT2D eigenvalue weighted by Gasteiger charge is 2.13. The first-order valence-corrected chi connectivity index (χ1v) is 9.83. The van der Waals surface area contributed by atoms with Crippen LogP contribution in [0.4, 0.5) is 0 Å². The molecule has 0 aliphatic rings. The molecule has 0 radical (unpaired) electrons. The molecule has 0 saturated carbocycles. The topological polar surface area (TPSA) is 116 Å². The van der Waals surface area contributed by atoms with Gasteiger partial charge in [-0.3, -0.25) is 14.4 Å². The molecule has 3 rings (SSSR count). The zero-order chi connectivity index (χ0) is 20.5. The van der Waals surface area contributed by atoms with Gasteiger partial charge in [-0.05, 0) is 34.0 Å². The number of Topliss-reactive ketones (excluding diaryl/α,β-unsaturated/α-hetero) is 1. The minimum absolute atomic E-state index is 0.0114. The number of ketones is 1. The zero-order valence-corrected chi connectivity index (χ0v) is 16.3. The summed E-state index contributed by atoms with van der Waals surface area (Å²) in [6.07, 6.45) is 0.230. The third-order valence-corrected chi connectivity index (χ3v) is 4.83. The van der Waals surface area contributed by atoms with Gasteiger partial charge in [-0.15, -0.1) is 16.4 Å². The van der Waals surface area contributed by atoms with E-state index in [1.807, 2.05) is 35.7 Å². The zero-order valence-electron chi connectivity index (χ0n) is 15.5. The third-order valence-electron chi connectivity index (χ3n) is 3.92. The number of carbonyl (C=O) groups excluding carboxylic acids is 3. The molecule has 0 bridgehead atoms. The van der Waals surface area contributed by atoms with E-state index in [0.717, 1.165) is 5.69 Å². The van der Waals surface area contributed by atoms with E-state index in [4.69, 9.17) is 4.74 Å². The van der Waals surface area contributed by atoms with Crippen molar-refractivity contribution in [2.24, 2.45) is 0 Å². The minimum Gasteiger partial charge on any atom is -0.457 e. The SMILES string of the molecule is O=C(CCC(=O)c1cccs1)NCCC(=O)OCc1nnnn1-c1ccccc1. The van der Waals surface area contributed by atoms with E-state index in [0.29, 0.717) is 10.7 Å². The summed E-state index contributed by atoms with van der Waals surface area (Å²) in [5.74, 6) is -0.440. The molecule has 0 saturated heterocycles. The number of benzene rings is 1. The fraction of sp³-hybridized carbons (Fsp3) is 0.263. The molecule has 1 amide bonds. The van der Waals surface area contributed by atoms with E-state index in [2.05, 4.69) is 20.8 Å². The smallest absolute Gasteiger partial charge is 0.308 e. The van der Waals surface area contributed by atoms with Crippen LogP contribution in [0.3, 0.4) is 0 Å². The van der Waals surface area contributed by atoms with Crippen LogP contribution in [0.2, 0.25) is 0 Å². The van der Waals surface area contributed by atoms with Gasteiger partial charge in [0.15, 0.2) is 18.2 Å². The highest BCUT2D eigenvalue weighted by molar-refractivity contribution is 7.12. The number of aromatic nitrogens is 4. The number of hydrogen-bond donors (Lipinski definition) is 1. The van der Waals surface area contributed by atoms with Crippen molar-refractivity contribution in [2.75, 3.05) is 6.54 Å². The molecule has 29 heavy (non-hydrogen) atoms. The van der Waals surface area contributed by atoms with Crippen LogP contribution in [0.15, 0.2) is 47.8 Å². The van der Waals surface area contributed by atoms with Crippen LogP contribution in [0.25, 0.3) is 5.69 Å². The summed E-state index contributed by atoms with van der Waals surface area (Å²) in [5.41, 5.74) is 0.757. The normalized spacial score (nSPS) is 10.5. The first-order valence-electron chi connectivity index (χ1n) is 8.95. The van der Waals surface area contributed by atoms with Crippen LogP contribution < -0.4 is 5.32 Å². The average Bonchev–Trinajstić information content (AvgIpc) is 3.43. The Balaban J connectivity index is 1.35. The fourth-order valence-corrected chi connectivity index (χ4v) is 3.16. The lowest BCUT2D eigenvalue weighted by Gasteiger charge is -2.07. The third kappa shape index (κ3) is 6.04. The lowest BCUT2D eigenvalue weighted by atomic mass is 10.2. The maximum absolute atomic E-state index is 11.9. The summed E-state index contributed by atoms with van der Waals surface area (Å²) < 4.78 is 6.66. The maximum atomic E-state index is 11.9. The average molecular weight is 413 g/mol. The number of nitrogens with one attached hydrogen (secondary N) is 1. The Kier molecular flexibility index (Phi) is 7.17. The van der Waals surface area contributed by atoms with Crippen molar-refractivity contribution in [1.29, 1.82) is 0 Å². The molecule has 0 atom stereocenters. The Hall–Kier alpha value is -3.40. The molecule has 0 aliphatic carbocycles. The summed E-state index contributed by atoms with van der Waals surface area (Å²) in [6, 6.07) is 12.8. The molecule has 0 unspecified atom stereocenters. The van der Waals surface area contributed by atoms with Gasteiger partial charge in [-0.1, -0.05) is 24.3 Å². The van der Waals surface area contributed by atoms with Gasteiger partial charge in [0.1, 0.15) is 0 Å². The number of nitrogens with zero attached hydrogens (tertiary/aromatic N) is 4. The van der Waals surface area contributed by atoms with Crippen molar-refractivity contribution < 1.29 is 19.1 Å². The van der Waals surface area contributed by atoms with Crippen LogP contribution >= 0.6 is 11.3 Å². The Bertz CT molecular complexity index is 956. The van der Waals surface area contributed by atoms with Crippen molar-refractivity contribution in [3.8, 4) is 5.69 Å². The lowest BCUT2D eigenvalue weighted by Crippen LogP contribution is -2.26. The molecule has 0 aliphatic heterocycles. The van der Waals surface area contributed by atoms with E-state index >= 15 is 0 Å². The second kappa shape index (κ2) is 10.2. The summed E-state index contributed by atoms with van der Waals surface area (Å²) in [6.45, 7) is 0.0540. The van der Waals surface area contributed by atoms with Gasteiger partial charge in [0.05, 0.1) is 17.0 Å². The predicted molar refractivity (Wildman–Crippen MR) is 104 cm³/mol. The molecular formula is C19H19N5O4S. The largest absolute Gasteiger partial charge is 0.457 e. The van der Waals surface area contributed by atoms with Gasteiger partial charge in [0.25, 0.3) is 0 Å². The Morgan fingerprint density at radius 2 is 1.86 bits per heavy atom. The molecule has 150 valence electrons. The van der Waals surface area contributed by atoms with Crippen molar-refractivity contribution in [2.45, 2.75) is 25.9 Å². The molecule has 1 aromatic carbocycles. The molecule has 1 N–H and O–H groups in total. The van der Waals surface area contributed by atoms with Crippen LogP contribution in [0.1, 0.15) is 34.8 Å². The van der Waals surface area contributed by atoms with Gasteiger partial charge in [-0.2, -0.15) is 4.68 Å². The van der Waals surface area contributed by atoms with Crippen molar-refractivity contribution in [3.63, 3.8) is 0 Å². The summed E-state index contributed by atoms with van der Waals surface area (Å²) >= 11 is 1.35. The first kappa shape index (κ1) is 20.3. The number of tetrazole rings is 1. The number of rotatable bonds is 10. The van der Waals surface area contributed by atoms with Gasteiger partial charge < -0.3 is 10.1 Å². The van der Waals surface area contributed by atoms with Crippen molar-refractivity contribution >= 4 is 29.0 Å². The second-order valence-corrected chi connectivity index (χ2v) is 6.95. The summed E-state index contributed by atoms with van der Waals surface area (Å²) in [4.78, 5) is 36.2. The quantitative estimate of drug-likeness (QED) is 0.399. The molecule has 2 aromatic heterocycles. The summed E-state index contributed by atoms with van der Waals surface area (Å²) in [5, 5.41) is 15.8. The highest BCUT2D eigenvalue weighted by Crippen LogP contribution is 2.12.